The average molecular weight is 507 g/mol. The number of halogens is 2. The maximum absolute atomic E-state index is 14.0. The third kappa shape index (κ3) is 5.90. The van der Waals surface area contributed by atoms with E-state index in [9.17, 15) is 9.18 Å². The van der Waals surface area contributed by atoms with Crippen LogP contribution in [0.15, 0.2) is 47.5 Å². The van der Waals surface area contributed by atoms with Crippen molar-refractivity contribution in [1.29, 1.82) is 5.26 Å². The normalized spacial score (nSPS) is 15.4. The number of benzene rings is 2. The molecule has 3 rings (SSSR count). The Bertz CT molecular complexity index is 941. The molecule has 6 nitrogen and oxygen atoms in total. The van der Waals surface area contributed by atoms with Crippen LogP contribution in [-0.4, -0.2) is 25.0 Å². The standard InChI is InChI=1S/C21H22FN5O.HI/c1-2-24-21(26-13-16-9-14(11-23)7-8-18(16)22)25-12-15-10-20(28)27-19-6-4-3-5-17(15)19;/h3-9,15H,2,10,12-13H2,1H3,(H,27,28)(H2,24,25,26);1H. The van der Waals surface area contributed by atoms with Gasteiger partial charge in [-0.2, -0.15) is 5.26 Å². The van der Waals surface area contributed by atoms with Gasteiger partial charge in [0, 0.05) is 36.7 Å². The first-order valence-corrected chi connectivity index (χ1v) is 9.20. The van der Waals surface area contributed by atoms with Gasteiger partial charge in [-0.05, 0) is 36.8 Å². The Labute approximate surface area is 186 Å². The van der Waals surface area contributed by atoms with Crippen LogP contribution in [0.1, 0.15) is 36.0 Å². The fraction of sp³-hybridized carbons (Fsp3) is 0.286. The van der Waals surface area contributed by atoms with Gasteiger partial charge in [-0.25, -0.2) is 9.38 Å². The molecule has 0 spiro atoms. The molecule has 1 aliphatic heterocycles. The van der Waals surface area contributed by atoms with Crippen LogP contribution in [-0.2, 0) is 11.3 Å². The van der Waals surface area contributed by atoms with E-state index >= 15 is 0 Å². The zero-order chi connectivity index (χ0) is 19.9. The lowest BCUT2D eigenvalue weighted by Gasteiger charge is -2.26. The molecule has 8 heteroatoms. The van der Waals surface area contributed by atoms with Crippen LogP contribution < -0.4 is 16.0 Å². The molecule has 2 aromatic carbocycles. The highest BCUT2D eigenvalue weighted by Gasteiger charge is 2.24. The molecule has 3 N–H and O–H groups in total. The maximum atomic E-state index is 14.0. The molecule has 29 heavy (non-hydrogen) atoms. The Hall–Kier alpha value is -2.67. The van der Waals surface area contributed by atoms with E-state index in [0.29, 0.717) is 36.6 Å². The second-order valence-corrected chi connectivity index (χ2v) is 6.53. The summed E-state index contributed by atoms with van der Waals surface area (Å²) in [6.45, 7) is 3.22. The molecule has 0 saturated carbocycles. The third-order valence-corrected chi connectivity index (χ3v) is 4.55. The smallest absolute Gasteiger partial charge is 0.225 e. The average Bonchev–Trinajstić information content (AvgIpc) is 2.70. The highest BCUT2D eigenvalue weighted by Crippen LogP contribution is 2.31. The lowest BCUT2D eigenvalue weighted by atomic mass is 9.90. The second-order valence-electron chi connectivity index (χ2n) is 6.53. The van der Waals surface area contributed by atoms with Gasteiger partial charge >= 0.3 is 0 Å². The molecule has 0 aromatic heterocycles. The summed E-state index contributed by atoms with van der Waals surface area (Å²) in [5.74, 6) is 0.152. The molecule has 0 bridgehead atoms. The van der Waals surface area contributed by atoms with Gasteiger partial charge in [-0.15, -0.1) is 24.0 Å². The number of para-hydroxylation sites is 1. The van der Waals surface area contributed by atoms with E-state index in [0.717, 1.165) is 11.3 Å². The quantitative estimate of drug-likeness (QED) is 0.329. The van der Waals surface area contributed by atoms with Crippen molar-refractivity contribution in [2.45, 2.75) is 25.8 Å². The predicted molar refractivity (Wildman–Crippen MR) is 122 cm³/mol. The molecular formula is C21H23FIN5O. The van der Waals surface area contributed by atoms with Gasteiger partial charge in [0.2, 0.25) is 5.91 Å². The summed E-state index contributed by atoms with van der Waals surface area (Å²) in [7, 11) is 0. The molecule has 1 atom stereocenters. The number of guanidine groups is 1. The van der Waals surface area contributed by atoms with Crippen LogP contribution in [0.2, 0.25) is 0 Å². The highest BCUT2D eigenvalue weighted by atomic mass is 127. The number of hydrogen-bond donors (Lipinski definition) is 3. The first kappa shape index (κ1) is 22.6. The number of anilines is 1. The summed E-state index contributed by atoms with van der Waals surface area (Å²) in [4.78, 5) is 16.4. The SMILES string of the molecule is CCNC(=NCc1cc(C#N)ccc1F)NCC1CC(=O)Nc2ccccc21.I. The van der Waals surface area contributed by atoms with Crippen molar-refractivity contribution in [2.24, 2.45) is 4.99 Å². The predicted octanol–water partition coefficient (Wildman–Crippen LogP) is 3.50. The van der Waals surface area contributed by atoms with E-state index in [2.05, 4.69) is 20.9 Å². The molecule has 0 saturated heterocycles. The van der Waals surface area contributed by atoms with E-state index in [4.69, 9.17) is 5.26 Å². The van der Waals surface area contributed by atoms with Crippen molar-refractivity contribution in [3.63, 3.8) is 0 Å². The van der Waals surface area contributed by atoms with Crippen LogP contribution in [0, 0.1) is 17.1 Å². The third-order valence-electron chi connectivity index (χ3n) is 4.55. The van der Waals surface area contributed by atoms with E-state index in [1.165, 1.54) is 18.2 Å². The van der Waals surface area contributed by atoms with E-state index in [-0.39, 0.29) is 42.3 Å². The summed E-state index contributed by atoms with van der Waals surface area (Å²) >= 11 is 0. The van der Waals surface area contributed by atoms with Gasteiger partial charge in [-0.1, -0.05) is 18.2 Å². The number of nitrogens with zero attached hydrogens (tertiary/aromatic N) is 2. The highest BCUT2D eigenvalue weighted by molar-refractivity contribution is 14.0. The summed E-state index contributed by atoms with van der Waals surface area (Å²) < 4.78 is 14.0. The molecule has 1 amide bonds. The number of rotatable bonds is 5. The topological polar surface area (TPSA) is 89.3 Å². The molecule has 0 fully saturated rings. The number of carbonyl (C=O) groups is 1. The zero-order valence-electron chi connectivity index (χ0n) is 16.0. The number of fused-ring (bicyclic) bond motifs is 1. The van der Waals surface area contributed by atoms with Crippen LogP contribution in [0.3, 0.4) is 0 Å². The number of amides is 1. The number of carbonyl (C=O) groups excluding carboxylic acids is 1. The molecule has 0 aliphatic carbocycles. The first-order chi connectivity index (χ1) is 13.6. The van der Waals surface area contributed by atoms with Crippen LogP contribution in [0.4, 0.5) is 10.1 Å². The summed E-state index contributed by atoms with van der Waals surface area (Å²) in [5, 5.41) is 18.2. The molecular weight excluding hydrogens is 484 g/mol. The number of hydrogen-bond acceptors (Lipinski definition) is 3. The van der Waals surface area contributed by atoms with Crippen molar-refractivity contribution in [2.75, 3.05) is 18.4 Å². The molecule has 1 heterocycles. The van der Waals surface area contributed by atoms with Crippen molar-refractivity contribution in [3.8, 4) is 6.07 Å². The molecule has 2 aromatic rings. The number of nitrogens with one attached hydrogen (secondary N) is 3. The number of aliphatic imine (C=N–C) groups is 1. The minimum atomic E-state index is -0.392. The van der Waals surface area contributed by atoms with Gasteiger partial charge in [0.05, 0.1) is 18.2 Å². The van der Waals surface area contributed by atoms with Crippen molar-refractivity contribution < 1.29 is 9.18 Å². The monoisotopic (exact) mass is 507 g/mol. The largest absolute Gasteiger partial charge is 0.357 e. The Morgan fingerprint density at radius 1 is 1.31 bits per heavy atom. The molecule has 1 unspecified atom stereocenters. The van der Waals surface area contributed by atoms with Crippen LogP contribution >= 0.6 is 24.0 Å². The first-order valence-electron chi connectivity index (χ1n) is 9.20. The summed E-state index contributed by atoms with van der Waals surface area (Å²) in [6, 6.07) is 14.0. The second kappa shape index (κ2) is 10.8. The molecule has 1 aliphatic rings. The molecule has 0 radical (unpaired) electrons. The Morgan fingerprint density at radius 2 is 2.10 bits per heavy atom. The Kier molecular flexibility index (Phi) is 8.39. The number of nitriles is 1. The van der Waals surface area contributed by atoms with E-state index in [1.807, 2.05) is 37.3 Å². The summed E-state index contributed by atoms with van der Waals surface area (Å²) in [6.07, 6.45) is 0.391. The van der Waals surface area contributed by atoms with Gasteiger partial charge in [0.15, 0.2) is 5.96 Å². The fourth-order valence-corrected chi connectivity index (χ4v) is 3.18. The Balaban J connectivity index is 0.00000300. The van der Waals surface area contributed by atoms with Gasteiger partial charge in [0.25, 0.3) is 0 Å². The van der Waals surface area contributed by atoms with Crippen LogP contribution in [0.5, 0.6) is 0 Å². The minimum absolute atomic E-state index is 0. The van der Waals surface area contributed by atoms with Crippen molar-refractivity contribution in [3.05, 3.63) is 65.0 Å². The lowest BCUT2D eigenvalue weighted by Crippen LogP contribution is -2.40. The van der Waals surface area contributed by atoms with Gasteiger partial charge in [0.1, 0.15) is 5.82 Å². The minimum Gasteiger partial charge on any atom is -0.357 e. The summed E-state index contributed by atoms with van der Waals surface area (Å²) in [5.41, 5.74) is 2.68. The van der Waals surface area contributed by atoms with Crippen molar-refractivity contribution in [1.82, 2.24) is 10.6 Å². The van der Waals surface area contributed by atoms with Gasteiger partial charge in [-0.3, -0.25) is 4.79 Å². The zero-order valence-corrected chi connectivity index (χ0v) is 18.4. The fourth-order valence-electron chi connectivity index (χ4n) is 3.18. The lowest BCUT2D eigenvalue weighted by molar-refractivity contribution is -0.116. The van der Waals surface area contributed by atoms with E-state index in [1.54, 1.807) is 0 Å². The van der Waals surface area contributed by atoms with Crippen LogP contribution in [0.25, 0.3) is 0 Å². The molecule has 152 valence electrons. The van der Waals surface area contributed by atoms with Gasteiger partial charge < -0.3 is 16.0 Å². The maximum Gasteiger partial charge on any atom is 0.225 e. The van der Waals surface area contributed by atoms with E-state index < -0.39 is 5.82 Å². The van der Waals surface area contributed by atoms with Crippen molar-refractivity contribution >= 4 is 41.5 Å². The Morgan fingerprint density at radius 3 is 2.86 bits per heavy atom.